The summed E-state index contributed by atoms with van der Waals surface area (Å²) < 4.78 is 38.5. The lowest BCUT2D eigenvalue weighted by Crippen LogP contribution is -2.12. The summed E-state index contributed by atoms with van der Waals surface area (Å²) in [5, 5.41) is 0. The van der Waals surface area contributed by atoms with Crippen LogP contribution in [0, 0.1) is 0 Å². The lowest BCUT2D eigenvalue weighted by molar-refractivity contribution is -0.137. The zero-order chi connectivity index (χ0) is 17.5. The summed E-state index contributed by atoms with van der Waals surface area (Å²) in [5.41, 5.74) is 2.64. The van der Waals surface area contributed by atoms with Crippen LogP contribution < -0.4 is 0 Å². The van der Waals surface area contributed by atoms with Crippen LogP contribution in [0.3, 0.4) is 0 Å². The molecule has 3 aromatic carbocycles. The molecule has 0 nitrogen and oxygen atoms in total. The molecule has 1 saturated carbocycles. The predicted octanol–water partition coefficient (Wildman–Crippen LogP) is 6.18. The van der Waals surface area contributed by atoms with E-state index in [1.165, 1.54) is 23.3 Å². The van der Waals surface area contributed by atoms with E-state index < -0.39 is 11.7 Å². The molecule has 1 aliphatic carbocycles. The van der Waals surface area contributed by atoms with Crippen LogP contribution in [0.5, 0.6) is 0 Å². The minimum absolute atomic E-state index is 0.151. The second-order valence-electron chi connectivity index (χ2n) is 6.58. The van der Waals surface area contributed by atoms with Gasteiger partial charge in [0.2, 0.25) is 0 Å². The Morgan fingerprint density at radius 2 is 1.16 bits per heavy atom. The van der Waals surface area contributed by atoms with E-state index in [0.29, 0.717) is 0 Å². The average Bonchev–Trinajstić information content (AvgIpc) is 3.40. The van der Waals surface area contributed by atoms with Crippen LogP contribution in [-0.4, -0.2) is 0 Å². The molecule has 1 unspecified atom stereocenters. The van der Waals surface area contributed by atoms with Crippen LogP contribution in [-0.2, 0) is 11.6 Å². The van der Waals surface area contributed by atoms with Gasteiger partial charge in [0, 0.05) is 5.41 Å². The van der Waals surface area contributed by atoms with E-state index in [9.17, 15) is 13.2 Å². The first-order chi connectivity index (χ1) is 12.0. The molecule has 1 fully saturated rings. The Morgan fingerprint density at radius 1 is 0.680 bits per heavy atom. The van der Waals surface area contributed by atoms with Gasteiger partial charge in [0.1, 0.15) is 0 Å². The van der Waals surface area contributed by atoms with Gasteiger partial charge < -0.3 is 0 Å². The van der Waals surface area contributed by atoms with Gasteiger partial charge in [-0.15, -0.1) is 0 Å². The molecular weight excluding hydrogens is 321 g/mol. The molecule has 1 atom stereocenters. The number of halogens is 3. The van der Waals surface area contributed by atoms with Crippen molar-refractivity contribution < 1.29 is 13.2 Å². The molecule has 0 saturated heterocycles. The molecule has 25 heavy (non-hydrogen) atoms. The van der Waals surface area contributed by atoms with Crippen molar-refractivity contribution in [1.82, 2.24) is 0 Å². The van der Waals surface area contributed by atoms with Gasteiger partial charge in [0.25, 0.3) is 0 Å². The highest BCUT2D eigenvalue weighted by molar-refractivity contribution is 5.53. The summed E-state index contributed by atoms with van der Waals surface area (Å²) in [5.74, 6) is 0.194. The zero-order valence-electron chi connectivity index (χ0n) is 13.5. The Kier molecular flexibility index (Phi) is 3.68. The molecule has 4 rings (SSSR count). The van der Waals surface area contributed by atoms with Gasteiger partial charge >= 0.3 is 6.18 Å². The fourth-order valence-electron chi connectivity index (χ4n) is 3.85. The SMILES string of the molecule is FC(F)(F)c1ccc(C2CC2(c2ccccc2)c2ccccc2)cc1. The van der Waals surface area contributed by atoms with Crippen LogP contribution >= 0.6 is 0 Å². The number of benzene rings is 3. The quantitative estimate of drug-likeness (QED) is 0.535. The average molecular weight is 338 g/mol. The molecule has 0 N–H and O–H groups in total. The van der Waals surface area contributed by atoms with Gasteiger partial charge in [-0.2, -0.15) is 13.2 Å². The lowest BCUT2D eigenvalue weighted by Gasteiger charge is -2.19. The van der Waals surface area contributed by atoms with E-state index in [-0.39, 0.29) is 11.3 Å². The summed E-state index contributed by atoms with van der Waals surface area (Å²) in [4.78, 5) is 0. The maximum atomic E-state index is 12.8. The van der Waals surface area contributed by atoms with Gasteiger partial charge in [-0.1, -0.05) is 72.8 Å². The molecule has 0 bridgehead atoms. The fraction of sp³-hybridized carbons (Fsp3) is 0.182. The fourth-order valence-corrected chi connectivity index (χ4v) is 3.85. The largest absolute Gasteiger partial charge is 0.416 e. The van der Waals surface area contributed by atoms with Crippen molar-refractivity contribution in [3.8, 4) is 0 Å². The van der Waals surface area contributed by atoms with Crippen molar-refractivity contribution in [3.05, 3.63) is 107 Å². The summed E-state index contributed by atoms with van der Waals surface area (Å²) in [6.45, 7) is 0. The molecule has 0 heterocycles. The Bertz CT molecular complexity index is 810. The standard InChI is InChI=1S/C22H17F3/c23-22(24,25)19-13-11-16(12-14-19)20-15-21(20,17-7-3-1-4-8-17)18-9-5-2-6-10-18/h1-14,20H,15H2. The first-order valence-electron chi connectivity index (χ1n) is 8.30. The third kappa shape index (κ3) is 2.74. The van der Waals surface area contributed by atoms with Gasteiger partial charge in [-0.25, -0.2) is 0 Å². The summed E-state index contributed by atoms with van der Waals surface area (Å²) in [6.07, 6.45) is -3.38. The Balaban J connectivity index is 1.74. The molecule has 0 aliphatic heterocycles. The molecule has 126 valence electrons. The highest BCUT2D eigenvalue weighted by atomic mass is 19.4. The van der Waals surface area contributed by atoms with E-state index in [0.717, 1.165) is 12.0 Å². The van der Waals surface area contributed by atoms with E-state index in [2.05, 4.69) is 24.3 Å². The van der Waals surface area contributed by atoms with Crippen LogP contribution in [0.15, 0.2) is 84.9 Å². The van der Waals surface area contributed by atoms with Crippen molar-refractivity contribution >= 4 is 0 Å². The highest BCUT2D eigenvalue weighted by Crippen LogP contribution is 2.64. The molecule has 3 heteroatoms. The maximum absolute atomic E-state index is 12.8. The summed E-state index contributed by atoms with van der Waals surface area (Å²) in [7, 11) is 0. The third-order valence-electron chi connectivity index (χ3n) is 5.18. The van der Waals surface area contributed by atoms with Gasteiger partial charge in [-0.3, -0.25) is 0 Å². The van der Waals surface area contributed by atoms with Crippen LogP contribution in [0.25, 0.3) is 0 Å². The van der Waals surface area contributed by atoms with Gasteiger partial charge in [-0.05, 0) is 41.2 Å². The van der Waals surface area contributed by atoms with Crippen LogP contribution in [0.4, 0.5) is 13.2 Å². The summed E-state index contributed by atoms with van der Waals surface area (Å²) in [6, 6.07) is 26.1. The van der Waals surface area contributed by atoms with Crippen molar-refractivity contribution in [3.63, 3.8) is 0 Å². The third-order valence-corrected chi connectivity index (χ3v) is 5.18. The highest BCUT2D eigenvalue weighted by Gasteiger charge is 2.56. The molecule has 0 amide bonds. The van der Waals surface area contributed by atoms with Crippen molar-refractivity contribution in [2.24, 2.45) is 0 Å². The molecular formula is C22H17F3. The van der Waals surface area contributed by atoms with E-state index in [1.54, 1.807) is 12.1 Å². The van der Waals surface area contributed by atoms with Crippen molar-refractivity contribution in [2.75, 3.05) is 0 Å². The first-order valence-corrected chi connectivity index (χ1v) is 8.30. The Labute approximate surface area is 144 Å². The molecule has 1 aliphatic rings. The molecule has 0 aromatic heterocycles. The van der Waals surface area contributed by atoms with Crippen molar-refractivity contribution in [1.29, 1.82) is 0 Å². The van der Waals surface area contributed by atoms with Crippen LogP contribution in [0.2, 0.25) is 0 Å². The minimum atomic E-state index is -4.29. The smallest absolute Gasteiger partial charge is 0.166 e. The van der Waals surface area contributed by atoms with E-state index >= 15 is 0 Å². The summed E-state index contributed by atoms with van der Waals surface area (Å²) >= 11 is 0. The monoisotopic (exact) mass is 338 g/mol. The van der Waals surface area contributed by atoms with Gasteiger partial charge in [0.05, 0.1) is 5.56 Å². The zero-order valence-corrected chi connectivity index (χ0v) is 13.5. The van der Waals surface area contributed by atoms with Gasteiger partial charge in [0.15, 0.2) is 0 Å². The minimum Gasteiger partial charge on any atom is -0.166 e. The molecule has 0 spiro atoms. The normalized spacial score (nSPS) is 18.8. The van der Waals surface area contributed by atoms with E-state index in [4.69, 9.17) is 0 Å². The van der Waals surface area contributed by atoms with Crippen LogP contribution in [0.1, 0.15) is 34.6 Å². The number of rotatable bonds is 3. The molecule has 0 radical (unpaired) electrons. The van der Waals surface area contributed by atoms with Crippen molar-refractivity contribution in [2.45, 2.75) is 23.9 Å². The second kappa shape index (κ2) is 5.76. The number of hydrogen-bond donors (Lipinski definition) is 0. The second-order valence-corrected chi connectivity index (χ2v) is 6.58. The van der Waals surface area contributed by atoms with E-state index in [1.807, 2.05) is 36.4 Å². The Hall–Kier alpha value is -2.55. The first kappa shape index (κ1) is 15.9. The topological polar surface area (TPSA) is 0 Å². The lowest BCUT2D eigenvalue weighted by atomic mass is 9.84. The number of hydrogen-bond acceptors (Lipinski definition) is 0. The number of alkyl halides is 3. The Morgan fingerprint density at radius 3 is 1.60 bits per heavy atom. The maximum Gasteiger partial charge on any atom is 0.416 e. The predicted molar refractivity (Wildman–Crippen MR) is 92.5 cm³/mol. The molecule has 3 aromatic rings.